The van der Waals surface area contributed by atoms with Gasteiger partial charge in [0.25, 0.3) is 0 Å². The van der Waals surface area contributed by atoms with Gasteiger partial charge in [-0.15, -0.1) is 0 Å². The van der Waals surface area contributed by atoms with E-state index in [2.05, 4.69) is 5.32 Å². The average molecular weight is 347 g/mol. The summed E-state index contributed by atoms with van der Waals surface area (Å²) in [7, 11) is 0. The molecule has 3 rings (SSSR count). The van der Waals surface area contributed by atoms with Gasteiger partial charge in [-0.1, -0.05) is 36.4 Å². The van der Waals surface area contributed by atoms with Crippen molar-refractivity contribution in [1.82, 2.24) is 5.32 Å². The molecule has 0 aliphatic heterocycles. The van der Waals surface area contributed by atoms with E-state index in [-0.39, 0.29) is 18.4 Å². The highest BCUT2D eigenvalue weighted by atomic mass is 19.4. The van der Waals surface area contributed by atoms with Crippen LogP contribution in [0.4, 0.5) is 13.2 Å². The molecular weight excluding hydrogens is 331 g/mol. The Balaban J connectivity index is 1.68. The Morgan fingerprint density at radius 1 is 1.12 bits per heavy atom. The van der Waals surface area contributed by atoms with Crippen molar-refractivity contribution in [3.05, 3.63) is 71.5 Å². The molecule has 1 N–H and O–H groups in total. The number of fused-ring (bicyclic) bond motifs is 1. The van der Waals surface area contributed by atoms with Crippen LogP contribution < -0.4 is 5.32 Å². The van der Waals surface area contributed by atoms with E-state index in [1.807, 2.05) is 30.3 Å². The van der Waals surface area contributed by atoms with Crippen molar-refractivity contribution in [3.8, 4) is 0 Å². The van der Waals surface area contributed by atoms with Gasteiger partial charge in [0.2, 0.25) is 5.91 Å². The Bertz CT molecular complexity index is 866. The van der Waals surface area contributed by atoms with Gasteiger partial charge in [-0.2, -0.15) is 13.2 Å². The van der Waals surface area contributed by atoms with E-state index < -0.39 is 11.7 Å². The molecule has 0 fully saturated rings. The van der Waals surface area contributed by atoms with E-state index in [1.54, 1.807) is 6.92 Å². The van der Waals surface area contributed by atoms with Crippen LogP contribution in [0.1, 0.15) is 29.9 Å². The van der Waals surface area contributed by atoms with Gasteiger partial charge in [0, 0.05) is 5.39 Å². The van der Waals surface area contributed by atoms with Gasteiger partial charge >= 0.3 is 6.18 Å². The molecule has 6 heteroatoms. The topological polar surface area (TPSA) is 42.2 Å². The highest BCUT2D eigenvalue weighted by molar-refractivity contribution is 5.80. The lowest BCUT2D eigenvalue weighted by molar-refractivity contribution is -0.137. The number of rotatable bonds is 4. The fraction of sp³-hybridized carbons (Fsp3) is 0.211. The zero-order valence-corrected chi connectivity index (χ0v) is 13.4. The minimum atomic E-state index is -4.42. The molecule has 0 radical (unpaired) electrons. The highest BCUT2D eigenvalue weighted by Gasteiger charge is 2.30. The third-order valence-corrected chi connectivity index (χ3v) is 3.87. The maximum absolute atomic E-state index is 12.7. The van der Waals surface area contributed by atoms with Crippen molar-refractivity contribution in [1.29, 1.82) is 0 Å². The van der Waals surface area contributed by atoms with E-state index in [0.29, 0.717) is 11.3 Å². The second kappa shape index (κ2) is 6.63. The summed E-state index contributed by atoms with van der Waals surface area (Å²) in [4.78, 5) is 12.1. The number of hydrogen-bond acceptors (Lipinski definition) is 2. The molecule has 0 aliphatic rings. The van der Waals surface area contributed by atoms with Crippen molar-refractivity contribution in [2.75, 3.05) is 0 Å². The molecule has 1 heterocycles. The molecule has 2 aromatic carbocycles. The van der Waals surface area contributed by atoms with Crippen molar-refractivity contribution >= 4 is 16.9 Å². The second-order valence-electron chi connectivity index (χ2n) is 5.85. The highest BCUT2D eigenvalue weighted by Crippen LogP contribution is 2.29. The van der Waals surface area contributed by atoms with Gasteiger partial charge in [-0.25, -0.2) is 0 Å². The number of amides is 1. The minimum Gasteiger partial charge on any atom is -0.459 e. The summed E-state index contributed by atoms with van der Waals surface area (Å²) < 4.78 is 43.9. The molecule has 0 unspecified atom stereocenters. The Morgan fingerprint density at radius 2 is 1.88 bits per heavy atom. The summed E-state index contributed by atoms with van der Waals surface area (Å²) >= 11 is 0. The minimum absolute atomic E-state index is 0.130. The molecule has 25 heavy (non-hydrogen) atoms. The lowest BCUT2D eigenvalue weighted by Crippen LogP contribution is -2.27. The molecule has 130 valence electrons. The Hall–Kier alpha value is -2.76. The number of nitrogens with one attached hydrogen (secondary N) is 1. The summed E-state index contributed by atoms with van der Waals surface area (Å²) in [6, 6.07) is 13.7. The molecule has 0 bridgehead atoms. The molecule has 1 atom stereocenters. The first-order valence-electron chi connectivity index (χ1n) is 7.77. The zero-order valence-electron chi connectivity index (χ0n) is 13.4. The van der Waals surface area contributed by atoms with Crippen molar-refractivity contribution in [2.45, 2.75) is 25.6 Å². The van der Waals surface area contributed by atoms with Crippen molar-refractivity contribution in [3.63, 3.8) is 0 Å². The second-order valence-corrected chi connectivity index (χ2v) is 5.85. The number of carbonyl (C=O) groups is 1. The first-order valence-corrected chi connectivity index (χ1v) is 7.77. The fourth-order valence-corrected chi connectivity index (χ4v) is 2.62. The van der Waals surface area contributed by atoms with E-state index in [4.69, 9.17) is 4.42 Å². The normalized spacial score (nSPS) is 13.0. The lowest BCUT2D eigenvalue weighted by atomic mass is 10.1. The summed E-state index contributed by atoms with van der Waals surface area (Å²) in [5.74, 6) is 0.228. The molecule has 0 saturated carbocycles. The molecule has 0 spiro atoms. The van der Waals surface area contributed by atoms with Crippen molar-refractivity contribution in [2.24, 2.45) is 0 Å². The number of hydrogen-bond donors (Lipinski definition) is 1. The van der Waals surface area contributed by atoms with Crippen LogP contribution in [0.2, 0.25) is 0 Å². The number of furan rings is 1. The van der Waals surface area contributed by atoms with Crippen LogP contribution in [0.15, 0.2) is 59.0 Å². The first kappa shape index (κ1) is 17.1. The zero-order chi connectivity index (χ0) is 18.0. The fourth-order valence-electron chi connectivity index (χ4n) is 2.62. The maximum atomic E-state index is 12.7. The number of benzene rings is 2. The summed E-state index contributed by atoms with van der Waals surface area (Å²) in [5.41, 5.74) is 0.267. The SMILES string of the molecule is C[C@@H](NC(=O)Cc1cccc(C(F)(F)F)c1)c1cc2ccccc2o1. The molecule has 0 saturated heterocycles. The third kappa shape index (κ3) is 4.02. The van der Waals surface area contributed by atoms with Crippen LogP contribution in [0.5, 0.6) is 0 Å². The number of carbonyl (C=O) groups excluding carboxylic acids is 1. The van der Waals surface area contributed by atoms with E-state index in [1.165, 1.54) is 12.1 Å². The molecule has 0 aliphatic carbocycles. The van der Waals surface area contributed by atoms with E-state index >= 15 is 0 Å². The molecule has 3 nitrogen and oxygen atoms in total. The van der Waals surface area contributed by atoms with Gasteiger partial charge in [0.1, 0.15) is 11.3 Å². The van der Waals surface area contributed by atoms with E-state index in [9.17, 15) is 18.0 Å². The van der Waals surface area contributed by atoms with E-state index in [0.717, 1.165) is 23.1 Å². The molecule has 1 aromatic heterocycles. The van der Waals surface area contributed by atoms with Crippen LogP contribution in [0, 0.1) is 0 Å². The third-order valence-electron chi connectivity index (χ3n) is 3.87. The largest absolute Gasteiger partial charge is 0.459 e. The van der Waals surface area contributed by atoms with Gasteiger partial charge in [0.05, 0.1) is 18.0 Å². The molecule has 1 amide bonds. The lowest BCUT2D eigenvalue weighted by Gasteiger charge is -2.12. The van der Waals surface area contributed by atoms with Crippen LogP contribution in [-0.2, 0) is 17.4 Å². The van der Waals surface area contributed by atoms with Crippen LogP contribution in [-0.4, -0.2) is 5.91 Å². The predicted octanol–water partition coefficient (Wildman–Crippen LogP) is 4.87. The van der Waals surface area contributed by atoms with Gasteiger partial charge in [0.15, 0.2) is 0 Å². The van der Waals surface area contributed by atoms with Gasteiger partial charge in [-0.3, -0.25) is 4.79 Å². The van der Waals surface area contributed by atoms with Crippen LogP contribution in [0.3, 0.4) is 0 Å². The first-order chi connectivity index (χ1) is 11.8. The number of halogens is 3. The Morgan fingerprint density at radius 3 is 2.60 bits per heavy atom. The Labute approximate surface area is 142 Å². The summed E-state index contributed by atoms with van der Waals surface area (Å²) in [5, 5.41) is 3.68. The maximum Gasteiger partial charge on any atom is 0.416 e. The molecular formula is C19H16F3NO2. The quantitative estimate of drug-likeness (QED) is 0.731. The molecule has 3 aromatic rings. The van der Waals surface area contributed by atoms with Crippen molar-refractivity contribution < 1.29 is 22.4 Å². The number of para-hydroxylation sites is 1. The van der Waals surface area contributed by atoms with Crippen LogP contribution >= 0.6 is 0 Å². The summed E-state index contributed by atoms with van der Waals surface area (Å²) in [6.07, 6.45) is -4.55. The number of alkyl halides is 3. The monoisotopic (exact) mass is 347 g/mol. The van der Waals surface area contributed by atoms with Gasteiger partial charge < -0.3 is 9.73 Å². The van der Waals surface area contributed by atoms with Gasteiger partial charge in [-0.05, 0) is 30.7 Å². The van der Waals surface area contributed by atoms with Crippen LogP contribution in [0.25, 0.3) is 11.0 Å². The predicted molar refractivity (Wildman–Crippen MR) is 87.9 cm³/mol. The standard InChI is InChI=1S/C19H16F3NO2/c1-12(17-11-14-6-2-3-8-16(14)25-17)23-18(24)10-13-5-4-7-15(9-13)19(20,21)22/h2-9,11-12H,10H2,1H3,(H,23,24)/t12-/m1/s1. The average Bonchev–Trinajstić information content (AvgIpc) is 2.98. The Kier molecular flexibility index (Phi) is 4.53. The summed E-state index contributed by atoms with van der Waals surface area (Å²) in [6.45, 7) is 1.77. The smallest absolute Gasteiger partial charge is 0.416 e.